The average molecular weight is 414 g/mol. The molecule has 1 fully saturated rings. The van der Waals surface area contributed by atoms with Gasteiger partial charge in [-0.3, -0.25) is 19.8 Å². The Labute approximate surface area is 175 Å². The maximum Gasteiger partial charge on any atom is 0.296 e. The summed E-state index contributed by atoms with van der Waals surface area (Å²) in [5, 5.41) is 14.0. The molecule has 0 saturated carbocycles. The van der Waals surface area contributed by atoms with Crippen LogP contribution in [-0.2, 0) is 4.79 Å². The number of carbonyl (C=O) groups is 1. The highest BCUT2D eigenvalue weighted by Crippen LogP contribution is 2.29. The van der Waals surface area contributed by atoms with E-state index in [0.717, 1.165) is 24.5 Å². The van der Waals surface area contributed by atoms with Gasteiger partial charge in [-0.05, 0) is 43.3 Å². The topological polar surface area (TPSA) is 97.2 Å². The molecule has 1 aliphatic heterocycles. The summed E-state index contributed by atoms with van der Waals surface area (Å²) in [5.41, 5.74) is 1.08. The molecule has 1 saturated heterocycles. The molecule has 0 spiro atoms. The van der Waals surface area contributed by atoms with E-state index in [1.54, 1.807) is 13.2 Å². The molecule has 30 heavy (non-hydrogen) atoms. The van der Waals surface area contributed by atoms with E-state index in [4.69, 9.17) is 9.47 Å². The molecule has 2 aromatic rings. The van der Waals surface area contributed by atoms with Crippen molar-refractivity contribution in [3.63, 3.8) is 0 Å². The number of anilines is 2. The third-order valence-corrected chi connectivity index (χ3v) is 5.34. The Hall–Kier alpha value is -3.33. The number of nitrogens with zero attached hydrogens (tertiary/aromatic N) is 3. The highest BCUT2D eigenvalue weighted by atomic mass is 16.6. The van der Waals surface area contributed by atoms with Crippen LogP contribution in [0.3, 0.4) is 0 Å². The summed E-state index contributed by atoms with van der Waals surface area (Å²) in [6.45, 7) is 4.81. The minimum Gasteiger partial charge on any atom is -0.497 e. The van der Waals surface area contributed by atoms with Gasteiger partial charge in [-0.25, -0.2) is 0 Å². The number of nitro benzene ring substituents is 1. The molecule has 2 aromatic carbocycles. The lowest BCUT2D eigenvalue weighted by Crippen LogP contribution is -2.52. The minimum absolute atomic E-state index is 0.162. The van der Waals surface area contributed by atoms with E-state index in [2.05, 4.69) is 15.1 Å². The van der Waals surface area contributed by atoms with Gasteiger partial charge in [0.1, 0.15) is 17.2 Å². The fraction of sp³-hybridized carbons (Fsp3) is 0.381. The van der Waals surface area contributed by atoms with Crippen molar-refractivity contribution >= 4 is 23.0 Å². The van der Waals surface area contributed by atoms with Gasteiger partial charge in [-0.15, -0.1) is 0 Å². The number of methoxy groups -OCH3 is 2. The number of hydrogen-bond acceptors (Lipinski definition) is 7. The van der Waals surface area contributed by atoms with Crippen molar-refractivity contribution in [3.05, 3.63) is 52.6 Å². The average Bonchev–Trinajstić information content (AvgIpc) is 2.78. The van der Waals surface area contributed by atoms with E-state index in [0.29, 0.717) is 18.8 Å². The van der Waals surface area contributed by atoms with Gasteiger partial charge in [0.05, 0.1) is 31.3 Å². The molecule has 9 heteroatoms. The van der Waals surface area contributed by atoms with Crippen LogP contribution in [0.15, 0.2) is 42.5 Å². The number of hydrogen-bond donors (Lipinski definition) is 1. The van der Waals surface area contributed by atoms with Gasteiger partial charge in [-0.2, -0.15) is 0 Å². The van der Waals surface area contributed by atoms with Gasteiger partial charge < -0.3 is 19.7 Å². The van der Waals surface area contributed by atoms with Crippen LogP contribution in [-0.4, -0.2) is 62.2 Å². The van der Waals surface area contributed by atoms with Gasteiger partial charge in [0.25, 0.3) is 5.69 Å². The quantitative estimate of drug-likeness (QED) is 0.550. The number of ether oxygens (including phenoxy) is 2. The first-order chi connectivity index (χ1) is 14.4. The lowest BCUT2D eigenvalue weighted by atomic mass is 10.2. The van der Waals surface area contributed by atoms with Gasteiger partial charge in [0.15, 0.2) is 0 Å². The maximum absolute atomic E-state index is 12.7. The van der Waals surface area contributed by atoms with Crippen molar-refractivity contribution < 1.29 is 19.2 Å². The Kier molecular flexibility index (Phi) is 6.73. The number of nitrogens with one attached hydrogen (secondary N) is 1. The highest BCUT2D eigenvalue weighted by molar-refractivity contribution is 5.96. The Morgan fingerprint density at radius 2 is 1.63 bits per heavy atom. The van der Waals surface area contributed by atoms with Crippen LogP contribution in [0.5, 0.6) is 11.5 Å². The van der Waals surface area contributed by atoms with E-state index in [1.807, 2.05) is 31.2 Å². The monoisotopic (exact) mass is 414 g/mol. The van der Waals surface area contributed by atoms with Gasteiger partial charge >= 0.3 is 0 Å². The summed E-state index contributed by atoms with van der Waals surface area (Å²) in [4.78, 5) is 27.9. The summed E-state index contributed by atoms with van der Waals surface area (Å²) in [6.07, 6.45) is 0. The van der Waals surface area contributed by atoms with Crippen molar-refractivity contribution in [1.29, 1.82) is 0 Å². The largest absolute Gasteiger partial charge is 0.497 e. The first-order valence-corrected chi connectivity index (χ1v) is 9.69. The molecule has 3 rings (SSSR count). The fourth-order valence-electron chi connectivity index (χ4n) is 3.46. The predicted molar refractivity (Wildman–Crippen MR) is 115 cm³/mol. The van der Waals surface area contributed by atoms with E-state index in [1.165, 1.54) is 19.2 Å². The van der Waals surface area contributed by atoms with Crippen LogP contribution in [0, 0.1) is 10.1 Å². The lowest BCUT2D eigenvalue weighted by Gasteiger charge is -2.38. The molecule has 1 atom stereocenters. The third-order valence-electron chi connectivity index (χ3n) is 5.34. The molecule has 1 heterocycles. The number of amides is 1. The number of piperazine rings is 1. The molecular weight excluding hydrogens is 388 g/mol. The zero-order valence-corrected chi connectivity index (χ0v) is 17.3. The van der Waals surface area contributed by atoms with Crippen LogP contribution in [0.2, 0.25) is 0 Å². The zero-order valence-electron chi connectivity index (χ0n) is 17.3. The molecule has 0 aromatic heterocycles. The second-order valence-corrected chi connectivity index (χ2v) is 7.03. The molecule has 0 aliphatic carbocycles. The van der Waals surface area contributed by atoms with E-state index >= 15 is 0 Å². The maximum atomic E-state index is 12.7. The SMILES string of the molecule is COc1ccc(N2CCN([C@H](C)C(=O)Nc3ccc(OC)cc3[N+](=O)[O-])CC2)cc1. The lowest BCUT2D eigenvalue weighted by molar-refractivity contribution is -0.384. The Bertz CT molecular complexity index is 895. The molecule has 160 valence electrons. The second-order valence-electron chi connectivity index (χ2n) is 7.03. The van der Waals surface area contributed by atoms with Crippen molar-refractivity contribution in [2.75, 3.05) is 50.6 Å². The Morgan fingerprint density at radius 3 is 2.20 bits per heavy atom. The number of nitro groups is 1. The second kappa shape index (κ2) is 9.45. The molecular formula is C21H26N4O5. The molecule has 0 bridgehead atoms. The van der Waals surface area contributed by atoms with Gasteiger partial charge in [-0.1, -0.05) is 0 Å². The van der Waals surface area contributed by atoms with E-state index < -0.39 is 11.0 Å². The minimum atomic E-state index is -0.531. The number of rotatable bonds is 7. The van der Waals surface area contributed by atoms with Crippen molar-refractivity contribution in [2.45, 2.75) is 13.0 Å². The number of benzene rings is 2. The van der Waals surface area contributed by atoms with Crippen LogP contribution >= 0.6 is 0 Å². The molecule has 0 radical (unpaired) electrons. The highest BCUT2D eigenvalue weighted by Gasteiger charge is 2.27. The fourth-order valence-corrected chi connectivity index (χ4v) is 3.46. The molecule has 1 aliphatic rings. The van der Waals surface area contributed by atoms with Crippen LogP contribution in [0.4, 0.5) is 17.1 Å². The van der Waals surface area contributed by atoms with Crippen molar-refractivity contribution in [3.8, 4) is 11.5 Å². The first kappa shape index (κ1) is 21.4. The predicted octanol–water partition coefficient (Wildman–Crippen LogP) is 2.76. The summed E-state index contributed by atoms with van der Waals surface area (Å²) < 4.78 is 10.2. The zero-order chi connectivity index (χ0) is 21.7. The van der Waals surface area contributed by atoms with Crippen LogP contribution < -0.4 is 19.7 Å². The van der Waals surface area contributed by atoms with Gasteiger partial charge in [0.2, 0.25) is 5.91 Å². The normalized spacial score (nSPS) is 15.4. The summed E-state index contributed by atoms with van der Waals surface area (Å²) in [7, 11) is 3.08. The third kappa shape index (κ3) is 4.80. The summed E-state index contributed by atoms with van der Waals surface area (Å²) in [6, 6.07) is 11.9. The smallest absolute Gasteiger partial charge is 0.296 e. The Balaban J connectivity index is 1.60. The molecule has 1 N–H and O–H groups in total. The first-order valence-electron chi connectivity index (χ1n) is 9.69. The van der Waals surface area contributed by atoms with Crippen LogP contribution in [0.1, 0.15) is 6.92 Å². The molecule has 9 nitrogen and oxygen atoms in total. The van der Waals surface area contributed by atoms with Gasteiger partial charge in [0, 0.05) is 31.9 Å². The molecule has 0 unspecified atom stereocenters. The summed E-state index contributed by atoms with van der Waals surface area (Å²) in [5.74, 6) is 0.902. The van der Waals surface area contributed by atoms with E-state index in [9.17, 15) is 14.9 Å². The summed E-state index contributed by atoms with van der Waals surface area (Å²) >= 11 is 0. The van der Waals surface area contributed by atoms with E-state index in [-0.39, 0.29) is 17.3 Å². The van der Waals surface area contributed by atoms with Crippen molar-refractivity contribution in [1.82, 2.24) is 4.90 Å². The van der Waals surface area contributed by atoms with Crippen molar-refractivity contribution in [2.24, 2.45) is 0 Å². The standard InChI is InChI=1S/C21H26N4O5/c1-15(21(26)22-19-9-8-18(30-3)14-20(19)25(27)28)23-10-12-24(13-11-23)16-4-6-17(29-2)7-5-16/h4-9,14-15H,10-13H2,1-3H3,(H,22,26)/t15-/m1/s1. The molecule has 1 amide bonds. The Morgan fingerprint density at radius 1 is 1.03 bits per heavy atom. The number of carbonyl (C=O) groups excluding carboxylic acids is 1. The van der Waals surface area contributed by atoms with Crippen LogP contribution in [0.25, 0.3) is 0 Å².